The minimum Gasteiger partial charge on any atom is -0.488 e. The number of aromatic nitrogens is 1. The Hall–Kier alpha value is -5.13. The van der Waals surface area contributed by atoms with Gasteiger partial charge in [0.15, 0.2) is 0 Å². The average molecular weight is 570 g/mol. The van der Waals surface area contributed by atoms with Gasteiger partial charge < -0.3 is 9.30 Å². The number of hydrazone groups is 1. The molecule has 0 atom stereocenters. The lowest BCUT2D eigenvalue weighted by atomic mass is 10.0. The van der Waals surface area contributed by atoms with Crippen LogP contribution in [0.1, 0.15) is 27.2 Å². The molecule has 1 aromatic heterocycles. The van der Waals surface area contributed by atoms with Crippen LogP contribution in [0.2, 0.25) is 5.02 Å². The predicted octanol–water partition coefficient (Wildman–Crippen LogP) is 8.60. The van der Waals surface area contributed by atoms with Gasteiger partial charge in [-0.15, -0.1) is 0 Å². The van der Waals surface area contributed by atoms with Gasteiger partial charge in [0.2, 0.25) is 0 Å². The van der Waals surface area contributed by atoms with Crippen molar-refractivity contribution in [2.24, 2.45) is 5.10 Å². The summed E-state index contributed by atoms with van der Waals surface area (Å²) in [5.41, 5.74) is 9.15. The number of carbonyl (C=O) groups is 1. The van der Waals surface area contributed by atoms with E-state index in [0.29, 0.717) is 22.9 Å². The van der Waals surface area contributed by atoms with E-state index in [-0.39, 0.29) is 5.91 Å². The molecule has 1 amide bonds. The van der Waals surface area contributed by atoms with Crippen molar-refractivity contribution in [3.8, 4) is 22.7 Å². The number of amides is 1. The van der Waals surface area contributed by atoms with Crippen LogP contribution in [-0.4, -0.2) is 16.7 Å². The molecule has 0 radical (unpaired) electrons. The number of hydrogen-bond acceptors (Lipinski definition) is 3. The average Bonchev–Trinajstić information content (AvgIpc) is 3.42. The van der Waals surface area contributed by atoms with Crippen molar-refractivity contribution in [3.05, 3.63) is 155 Å². The van der Waals surface area contributed by atoms with E-state index in [1.165, 1.54) is 0 Å². The number of halogens is 1. The van der Waals surface area contributed by atoms with E-state index in [9.17, 15) is 4.79 Å². The molecule has 5 aromatic carbocycles. The van der Waals surface area contributed by atoms with Crippen LogP contribution in [0.3, 0.4) is 0 Å². The molecule has 0 bridgehead atoms. The first-order chi connectivity index (χ1) is 20.6. The normalized spacial score (nSPS) is 11.2. The Morgan fingerprint density at radius 3 is 2.38 bits per heavy atom. The van der Waals surface area contributed by atoms with Crippen molar-refractivity contribution in [1.29, 1.82) is 0 Å². The van der Waals surface area contributed by atoms with E-state index in [1.807, 2.05) is 103 Å². The fraction of sp³-hybridized carbons (Fsp3) is 0.0556. The summed E-state index contributed by atoms with van der Waals surface area (Å²) < 4.78 is 8.34. The molecule has 6 rings (SSSR count). The van der Waals surface area contributed by atoms with Gasteiger partial charge in [-0.3, -0.25) is 4.79 Å². The molecule has 6 heteroatoms. The molecule has 1 N–H and O–H groups in total. The third kappa shape index (κ3) is 5.69. The number of carbonyl (C=O) groups excluding carboxylic acids is 1. The lowest BCUT2D eigenvalue weighted by molar-refractivity contribution is 0.0955. The highest BCUT2D eigenvalue weighted by molar-refractivity contribution is 6.31. The van der Waals surface area contributed by atoms with Crippen molar-refractivity contribution in [2.75, 3.05) is 0 Å². The van der Waals surface area contributed by atoms with E-state index in [4.69, 9.17) is 16.3 Å². The molecule has 0 saturated carbocycles. The van der Waals surface area contributed by atoms with Crippen molar-refractivity contribution in [1.82, 2.24) is 9.99 Å². The summed E-state index contributed by atoms with van der Waals surface area (Å²) in [5, 5.41) is 6.96. The molecule has 0 aliphatic heterocycles. The third-order valence-electron chi connectivity index (χ3n) is 7.16. The van der Waals surface area contributed by atoms with E-state index >= 15 is 0 Å². The summed E-state index contributed by atoms with van der Waals surface area (Å²) in [5.74, 6) is 0.344. The van der Waals surface area contributed by atoms with Gasteiger partial charge in [0.1, 0.15) is 12.4 Å². The van der Waals surface area contributed by atoms with Gasteiger partial charge in [0.25, 0.3) is 5.91 Å². The molecule has 5 nitrogen and oxygen atoms in total. The standard InChI is InChI=1S/C36H28ClN3O2/c1-25-15-21-34(27-10-3-2-4-11-27)40(25)30-19-16-28(17-20-30)36(41)39-38-23-32-31-13-7-5-9-26(31)18-22-35(32)42-24-29-12-6-8-14-33(29)37/h2-23H,24H2,1H3,(H,39,41)/b38-23+. The maximum absolute atomic E-state index is 13.0. The van der Waals surface area contributed by atoms with Gasteiger partial charge in [0.05, 0.1) is 11.9 Å². The van der Waals surface area contributed by atoms with E-state index < -0.39 is 0 Å². The zero-order chi connectivity index (χ0) is 28.9. The Kier molecular flexibility index (Phi) is 7.84. The first-order valence-corrected chi connectivity index (χ1v) is 14.0. The molecule has 0 spiro atoms. The molecule has 0 aliphatic rings. The minimum absolute atomic E-state index is 0.302. The Labute approximate surface area is 249 Å². The summed E-state index contributed by atoms with van der Waals surface area (Å²) in [6.07, 6.45) is 1.63. The lowest BCUT2D eigenvalue weighted by Gasteiger charge is -2.13. The Balaban J connectivity index is 1.21. The van der Waals surface area contributed by atoms with Crippen LogP contribution >= 0.6 is 11.6 Å². The molecule has 206 valence electrons. The van der Waals surface area contributed by atoms with Gasteiger partial charge in [-0.05, 0) is 71.8 Å². The number of aryl methyl sites for hydroxylation is 1. The number of ether oxygens (including phenoxy) is 1. The van der Waals surface area contributed by atoms with Crippen LogP contribution in [0.4, 0.5) is 0 Å². The summed E-state index contributed by atoms with van der Waals surface area (Å²) in [7, 11) is 0. The van der Waals surface area contributed by atoms with Gasteiger partial charge in [-0.25, -0.2) is 5.43 Å². The quantitative estimate of drug-likeness (QED) is 0.147. The van der Waals surface area contributed by atoms with Crippen LogP contribution in [0.5, 0.6) is 5.75 Å². The van der Waals surface area contributed by atoms with Crippen LogP contribution in [0.15, 0.2) is 132 Å². The molecule has 6 aromatic rings. The minimum atomic E-state index is -0.302. The van der Waals surface area contributed by atoms with Crippen molar-refractivity contribution in [3.63, 3.8) is 0 Å². The van der Waals surface area contributed by atoms with Crippen molar-refractivity contribution < 1.29 is 9.53 Å². The second-order valence-corrected chi connectivity index (χ2v) is 10.3. The molecular weight excluding hydrogens is 542 g/mol. The number of rotatable bonds is 8. The van der Waals surface area contributed by atoms with E-state index in [2.05, 4.69) is 46.3 Å². The van der Waals surface area contributed by atoms with Crippen molar-refractivity contribution >= 4 is 34.5 Å². The Morgan fingerprint density at radius 1 is 0.833 bits per heavy atom. The van der Waals surface area contributed by atoms with Gasteiger partial charge >= 0.3 is 0 Å². The molecule has 1 heterocycles. The summed E-state index contributed by atoms with van der Waals surface area (Å²) in [6, 6.07) is 41.5. The molecular formula is C36H28ClN3O2. The summed E-state index contributed by atoms with van der Waals surface area (Å²) in [4.78, 5) is 13.0. The predicted molar refractivity (Wildman–Crippen MR) is 171 cm³/mol. The zero-order valence-corrected chi connectivity index (χ0v) is 23.8. The highest BCUT2D eigenvalue weighted by Crippen LogP contribution is 2.29. The molecule has 42 heavy (non-hydrogen) atoms. The molecule has 0 aliphatic carbocycles. The fourth-order valence-electron chi connectivity index (χ4n) is 5.00. The van der Waals surface area contributed by atoms with Gasteiger partial charge in [-0.1, -0.05) is 90.5 Å². The van der Waals surface area contributed by atoms with Gasteiger partial charge in [-0.2, -0.15) is 5.10 Å². The number of nitrogens with one attached hydrogen (secondary N) is 1. The van der Waals surface area contributed by atoms with E-state index in [0.717, 1.165) is 44.5 Å². The van der Waals surface area contributed by atoms with Crippen molar-refractivity contribution in [2.45, 2.75) is 13.5 Å². The van der Waals surface area contributed by atoms with Gasteiger partial charge in [0, 0.05) is 33.1 Å². The monoisotopic (exact) mass is 569 g/mol. The van der Waals surface area contributed by atoms with Crippen LogP contribution < -0.4 is 10.2 Å². The number of hydrogen-bond donors (Lipinski definition) is 1. The molecule has 0 fully saturated rings. The van der Waals surface area contributed by atoms with Crippen LogP contribution in [-0.2, 0) is 6.61 Å². The maximum Gasteiger partial charge on any atom is 0.271 e. The number of benzene rings is 5. The van der Waals surface area contributed by atoms with E-state index in [1.54, 1.807) is 6.21 Å². The topological polar surface area (TPSA) is 55.6 Å². The Morgan fingerprint density at radius 2 is 1.57 bits per heavy atom. The first kappa shape index (κ1) is 27.1. The second kappa shape index (κ2) is 12.2. The fourth-order valence-corrected chi connectivity index (χ4v) is 5.19. The number of nitrogens with zero attached hydrogens (tertiary/aromatic N) is 2. The second-order valence-electron chi connectivity index (χ2n) is 9.89. The van der Waals surface area contributed by atoms with Crippen LogP contribution in [0, 0.1) is 6.92 Å². The third-order valence-corrected chi connectivity index (χ3v) is 7.53. The Bertz CT molecular complexity index is 1890. The summed E-state index contributed by atoms with van der Waals surface area (Å²) in [6.45, 7) is 2.38. The smallest absolute Gasteiger partial charge is 0.271 e. The summed E-state index contributed by atoms with van der Waals surface area (Å²) >= 11 is 6.33. The molecule has 0 unspecified atom stereocenters. The largest absolute Gasteiger partial charge is 0.488 e. The SMILES string of the molecule is Cc1ccc(-c2ccccc2)n1-c1ccc(C(=O)N/N=C/c2c(OCc3ccccc3Cl)ccc3ccccc23)cc1. The first-order valence-electron chi connectivity index (χ1n) is 13.6. The highest BCUT2D eigenvalue weighted by Gasteiger charge is 2.12. The highest BCUT2D eigenvalue weighted by atomic mass is 35.5. The molecule has 0 saturated heterocycles. The van der Waals surface area contributed by atoms with Crippen LogP contribution in [0.25, 0.3) is 27.7 Å². The maximum atomic E-state index is 13.0. The lowest BCUT2D eigenvalue weighted by Crippen LogP contribution is -2.17. The number of fused-ring (bicyclic) bond motifs is 1. The zero-order valence-electron chi connectivity index (χ0n) is 23.0.